The second-order valence-electron chi connectivity index (χ2n) is 5.89. The lowest BCUT2D eigenvalue weighted by Gasteiger charge is -2.10. The molecule has 1 heterocycles. The summed E-state index contributed by atoms with van der Waals surface area (Å²) in [6.45, 7) is 0. The molecule has 1 N–H and O–H groups in total. The predicted molar refractivity (Wildman–Crippen MR) is 105 cm³/mol. The maximum atomic E-state index is 13.5. The van der Waals surface area contributed by atoms with Crippen LogP contribution in [0.2, 0.25) is 5.02 Å². The number of nitrogens with zero attached hydrogens (tertiary/aromatic N) is 2. The number of rotatable bonds is 5. The van der Waals surface area contributed by atoms with Crippen molar-refractivity contribution in [3.8, 4) is 5.75 Å². The van der Waals surface area contributed by atoms with E-state index in [9.17, 15) is 18.0 Å². The van der Waals surface area contributed by atoms with Crippen LogP contribution in [0, 0.1) is 0 Å². The lowest BCUT2D eigenvalue weighted by molar-refractivity contribution is -0.141. The van der Waals surface area contributed by atoms with Crippen molar-refractivity contribution in [1.82, 2.24) is 9.78 Å². The minimum absolute atomic E-state index is 0.0608. The molecule has 0 saturated heterocycles. The summed E-state index contributed by atoms with van der Waals surface area (Å²) in [5.41, 5.74) is -1.46. The van der Waals surface area contributed by atoms with E-state index in [4.69, 9.17) is 16.3 Å². The largest absolute Gasteiger partial charge is 0.497 e. The van der Waals surface area contributed by atoms with E-state index in [-0.39, 0.29) is 5.03 Å². The molecule has 0 radical (unpaired) electrons. The molecule has 0 saturated carbocycles. The summed E-state index contributed by atoms with van der Waals surface area (Å²) >= 11 is 6.85. The SMILES string of the molecule is COc1ccc(NC(=O)c2c(C(F)(F)F)nn(C)c2Sc2ccc(Cl)cc2)cc1. The van der Waals surface area contributed by atoms with Crippen molar-refractivity contribution in [3.05, 3.63) is 64.8 Å². The predicted octanol–water partition coefficient (Wildman–Crippen LogP) is 5.50. The Bertz CT molecular complexity index is 1020. The molecule has 0 bridgehead atoms. The van der Waals surface area contributed by atoms with Crippen LogP contribution in [0.15, 0.2) is 58.5 Å². The number of hydrogen-bond acceptors (Lipinski definition) is 4. The average molecular weight is 442 g/mol. The lowest BCUT2D eigenvalue weighted by atomic mass is 10.2. The van der Waals surface area contributed by atoms with Crippen LogP contribution in [0.4, 0.5) is 18.9 Å². The zero-order valence-electron chi connectivity index (χ0n) is 15.2. The van der Waals surface area contributed by atoms with Crippen molar-refractivity contribution in [2.45, 2.75) is 16.1 Å². The van der Waals surface area contributed by atoms with Gasteiger partial charge < -0.3 is 10.1 Å². The number of amides is 1. The van der Waals surface area contributed by atoms with Crippen LogP contribution < -0.4 is 10.1 Å². The van der Waals surface area contributed by atoms with E-state index in [0.717, 1.165) is 16.4 Å². The summed E-state index contributed by atoms with van der Waals surface area (Å²) in [6.07, 6.45) is -4.79. The Morgan fingerprint density at radius 1 is 1.14 bits per heavy atom. The van der Waals surface area contributed by atoms with Crippen LogP contribution in [0.1, 0.15) is 16.1 Å². The van der Waals surface area contributed by atoms with Gasteiger partial charge in [0.05, 0.1) is 7.11 Å². The molecule has 152 valence electrons. The summed E-state index contributed by atoms with van der Waals surface area (Å²) in [5.74, 6) is -0.355. The zero-order chi connectivity index (χ0) is 21.2. The van der Waals surface area contributed by atoms with Gasteiger partial charge in [-0.2, -0.15) is 18.3 Å². The Kier molecular flexibility index (Phi) is 6.09. The molecule has 3 aromatic rings. The topological polar surface area (TPSA) is 56.1 Å². The molecule has 0 aliphatic carbocycles. The van der Waals surface area contributed by atoms with Crippen molar-refractivity contribution in [1.29, 1.82) is 0 Å². The summed E-state index contributed by atoms with van der Waals surface area (Å²) < 4.78 is 46.7. The molecule has 29 heavy (non-hydrogen) atoms. The van der Waals surface area contributed by atoms with Crippen molar-refractivity contribution < 1.29 is 22.7 Å². The minimum Gasteiger partial charge on any atom is -0.497 e. The molecule has 10 heteroatoms. The maximum absolute atomic E-state index is 13.5. The van der Waals surface area contributed by atoms with Gasteiger partial charge in [-0.25, -0.2) is 0 Å². The number of anilines is 1. The van der Waals surface area contributed by atoms with E-state index >= 15 is 0 Å². The van der Waals surface area contributed by atoms with Gasteiger partial charge in [0, 0.05) is 22.7 Å². The monoisotopic (exact) mass is 441 g/mol. The van der Waals surface area contributed by atoms with Gasteiger partial charge in [0.15, 0.2) is 5.69 Å². The third kappa shape index (κ3) is 4.86. The number of aryl methyl sites for hydroxylation is 1. The number of nitrogens with one attached hydrogen (secondary N) is 1. The molecule has 0 aliphatic rings. The highest BCUT2D eigenvalue weighted by Gasteiger charge is 2.41. The number of aromatic nitrogens is 2. The number of methoxy groups -OCH3 is 1. The van der Waals surface area contributed by atoms with Gasteiger partial charge in [0.2, 0.25) is 0 Å². The van der Waals surface area contributed by atoms with Crippen molar-refractivity contribution in [3.63, 3.8) is 0 Å². The van der Waals surface area contributed by atoms with E-state index in [1.54, 1.807) is 36.4 Å². The standard InChI is InChI=1S/C19H15ClF3N3O2S/c1-26-18(29-14-9-3-11(20)4-10-14)15(16(25-26)19(21,22)23)17(27)24-12-5-7-13(28-2)8-6-12/h3-10H,1-2H3,(H,24,27). The van der Waals surface area contributed by atoms with Crippen LogP contribution >= 0.6 is 23.4 Å². The van der Waals surface area contributed by atoms with E-state index in [1.165, 1.54) is 26.3 Å². The van der Waals surface area contributed by atoms with E-state index in [1.807, 2.05) is 0 Å². The Morgan fingerprint density at radius 2 is 1.76 bits per heavy atom. The van der Waals surface area contributed by atoms with Crippen molar-refractivity contribution in [2.75, 3.05) is 12.4 Å². The molecule has 1 aromatic heterocycles. The summed E-state index contributed by atoms with van der Waals surface area (Å²) in [6, 6.07) is 12.8. The molecule has 0 fully saturated rings. The van der Waals surface area contributed by atoms with Gasteiger partial charge >= 0.3 is 6.18 Å². The minimum atomic E-state index is -4.79. The molecule has 2 aromatic carbocycles. The van der Waals surface area contributed by atoms with Crippen molar-refractivity contribution >= 4 is 35.0 Å². The third-order valence-corrected chi connectivity index (χ3v) is 5.29. The van der Waals surface area contributed by atoms with Gasteiger partial charge in [0.25, 0.3) is 5.91 Å². The fourth-order valence-corrected chi connectivity index (χ4v) is 3.60. The first-order valence-electron chi connectivity index (χ1n) is 8.22. The van der Waals surface area contributed by atoms with E-state index in [2.05, 4.69) is 10.4 Å². The lowest BCUT2D eigenvalue weighted by Crippen LogP contribution is -2.18. The first-order valence-corrected chi connectivity index (χ1v) is 9.41. The highest BCUT2D eigenvalue weighted by Crippen LogP contribution is 2.39. The molecular formula is C19H15ClF3N3O2S. The summed E-state index contributed by atoms with van der Waals surface area (Å²) in [5, 5.41) is 6.59. The molecule has 0 atom stereocenters. The maximum Gasteiger partial charge on any atom is 0.436 e. The van der Waals surface area contributed by atoms with Crippen LogP contribution in [-0.2, 0) is 13.2 Å². The number of benzene rings is 2. The van der Waals surface area contributed by atoms with Gasteiger partial charge in [-0.05, 0) is 48.5 Å². The average Bonchev–Trinajstić information content (AvgIpc) is 3.01. The fraction of sp³-hybridized carbons (Fsp3) is 0.158. The van der Waals surface area contributed by atoms with Crippen LogP contribution in [0.5, 0.6) is 5.75 Å². The second kappa shape index (κ2) is 8.38. The Hall–Kier alpha value is -2.65. The van der Waals surface area contributed by atoms with Crippen molar-refractivity contribution in [2.24, 2.45) is 7.05 Å². The Morgan fingerprint density at radius 3 is 2.31 bits per heavy atom. The van der Waals surface area contributed by atoms with Crippen LogP contribution in [0.25, 0.3) is 0 Å². The van der Waals surface area contributed by atoms with Crippen LogP contribution in [-0.4, -0.2) is 22.8 Å². The number of alkyl halides is 3. The molecule has 0 unspecified atom stereocenters. The number of carbonyl (C=O) groups is 1. The van der Waals surface area contributed by atoms with Gasteiger partial charge in [0.1, 0.15) is 16.3 Å². The first-order chi connectivity index (χ1) is 13.7. The molecule has 0 aliphatic heterocycles. The summed E-state index contributed by atoms with van der Waals surface area (Å²) in [4.78, 5) is 13.4. The molecule has 5 nitrogen and oxygen atoms in total. The van der Waals surface area contributed by atoms with Gasteiger partial charge in [-0.15, -0.1) is 0 Å². The van der Waals surface area contributed by atoms with Gasteiger partial charge in [-0.1, -0.05) is 23.4 Å². The third-order valence-electron chi connectivity index (χ3n) is 3.87. The smallest absolute Gasteiger partial charge is 0.436 e. The quantitative estimate of drug-likeness (QED) is 0.567. The van der Waals surface area contributed by atoms with E-state index < -0.39 is 23.3 Å². The Balaban J connectivity index is 1.99. The molecule has 0 spiro atoms. The molecule has 3 rings (SSSR count). The highest BCUT2D eigenvalue weighted by atomic mass is 35.5. The number of halogens is 4. The zero-order valence-corrected chi connectivity index (χ0v) is 16.8. The van der Waals surface area contributed by atoms with Gasteiger partial charge in [-0.3, -0.25) is 9.48 Å². The second-order valence-corrected chi connectivity index (χ2v) is 7.39. The number of ether oxygens (including phenoxy) is 1. The highest BCUT2D eigenvalue weighted by molar-refractivity contribution is 7.99. The molecule has 1 amide bonds. The molecular weight excluding hydrogens is 427 g/mol. The first kappa shape index (κ1) is 21.1. The van der Waals surface area contributed by atoms with E-state index in [0.29, 0.717) is 21.4 Å². The van der Waals surface area contributed by atoms with Crippen LogP contribution in [0.3, 0.4) is 0 Å². The number of carbonyl (C=O) groups excluding carboxylic acids is 1. The Labute approximate surface area is 173 Å². The fourth-order valence-electron chi connectivity index (χ4n) is 2.51. The number of hydrogen-bond donors (Lipinski definition) is 1. The summed E-state index contributed by atoms with van der Waals surface area (Å²) in [7, 11) is 2.84. The normalized spacial score (nSPS) is 11.4.